The van der Waals surface area contributed by atoms with Gasteiger partial charge in [-0.1, -0.05) is 23.7 Å². The number of carbonyl (C=O) groups is 1. The summed E-state index contributed by atoms with van der Waals surface area (Å²) in [5.41, 5.74) is 0. The lowest BCUT2D eigenvalue weighted by Gasteiger charge is -1.89. The molecule has 5 heteroatoms. The Morgan fingerprint density at radius 1 is 1.38 bits per heavy atom. The maximum atomic E-state index is 9.24. The molecule has 72 valence electrons. The lowest BCUT2D eigenvalue weighted by molar-refractivity contribution is -0.134. The number of phenols is 1. The molecule has 0 atom stereocenters. The lowest BCUT2D eigenvalue weighted by Crippen LogP contribution is -1.92. The van der Waals surface area contributed by atoms with Crippen molar-refractivity contribution in [2.45, 2.75) is 0 Å². The second kappa shape index (κ2) is 6.57. The van der Waals surface area contributed by atoms with E-state index in [1.165, 1.54) is 0 Å². The van der Waals surface area contributed by atoms with Crippen molar-refractivity contribution in [3.63, 3.8) is 0 Å². The number of alkyl halides is 1. The number of aromatic hydroxyl groups is 1. The molecule has 1 aromatic rings. The van der Waals surface area contributed by atoms with Gasteiger partial charge in [0.15, 0.2) is 0 Å². The Labute approximate surface area is 85.5 Å². The summed E-state index contributed by atoms with van der Waals surface area (Å²) in [5.74, 6) is -1.15. The summed E-state index contributed by atoms with van der Waals surface area (Å²) in [7, 11) is 0. The Morgan fingerprint density at radius 2 is 1.85 bits per heavy atom. The zero-order valence-electron chi connectivity index (χ0n) is 6.58. The van der Waals surface area contributed by atoms with Crippen LogP contribution < -0.4 is 0 Å². The molecule has 1 rings (SSSR count). The van der Waals surface area contributed by atoms with Gasteiger partial charge in [-0.25, -0.2) is 0 Å². The highest BCUT2D eigenvalue weighted by molar-refractivity contribution is 6.31. The number of hydrogen-bond acceptors (Lipinski definition) is 2. The van der Waals surface area contributed by atoms with Crippen LogP contribution in [0, 0.1) is 0 Å². The number of aliphatic carboxylic acids is 1. The fourth-order valence-corrected chi connectivity index (χ4v) is 0.587. The smallest absolute Gasteiger partial charge is 0.318 e. The molecule has 0 aromatic heterocycles. The molecule has 0 heterocycles. The van der Waals surface area contributed by atoms with Crippen LogP contribution in [-0.2, 0) is 4.79 Å². The first-order valence-corrected chi connectivity index (χ1v) is 4.20. The van der Waals surface area contributed by atoms with Gasteiger partial charge in [0.05, 0.1) is 5.02 Å². The molecule has 2 N–H and O–H groups in total. The van der Waals surface area contributed by atoms with E-state index >= 15 is 0 Å². The number of halogens is 2. The molecule has 0 spiro atoms. The van der Waals surface area contributed by atoms with Crippen LogP contribution in [0.1, 0.15) is 0 Å². The van der Waals surface area contributed by atoms with Crippen LogP contribution in [0.3, 0.4) is 0 Å². The summed E-state index contributed by atoms with van der Waals surface area (Å²) in [6, 6.07) is 6.67. The standard InChI is InChI=1S/C6H5ClO.C2H3ClO2/c7-5-3-1-2-4-6(5)8;3-1-2(4)5/h1-4,8H;1H2,(H,4,5). The first kappa shape index (κ1) is 12.1. The molecular formula is C8H8Cl2O3. The molecule has 0 unspecified atom stereocenters. The maximum Gasteiger partial charge on any atom is 0.318 e. The third kappa shape index (κ3) is 6.25. The molecule has 0 saturated heterocycles. The first-order chi connectivity index (χ1) is 6.07. The lowest BCUT2D eigenvalue weighted by atomic mass is 10.3. The summed E-state index contributed by atoms with van der Waals surface area (Å²) in [6.07, 6.45) is 0. The minimum Gasteiger partial charge on any atom is -0.506 e. The molecule has 13 heavy (non-hydrogen) atoms. The van der Waals surface area contributed by atoms with E-state index < -0.39 is 5.97 Å². The maximum absolute atomic E-state index is 9.24. The van der Waals surface area contributed by atoms with Crippen molar-refractivity contribution in [3.8, 4) is 5.75 Å². The van der Waals surface area contributed by atoms with Gasteiger partial charge in [-0.2, -0.15) is 0 Å². The number of carboxylic acids is 1. The Morgan fingerprint density at radius 3 is 2.08 bits per heavy atom. The van der Waals surface area contributed by atoms with Gasteiger partial charge >= 0.3 is 5.97 Å². The monoisotopic (exact) mass is 222 g/mol. The molecule has 0 aliphatic rings. The van der Waals surface area contributed by atoms with Crippen molar-refractivity contribution in [1.82, 2.24) is 0 Å². The number of rotatable bonds is 1. The van der Waals surface area contributed by atoms with Crippen LogP contribution >= 0.6 is 23.2 Å². The number of benzene rings is 1. The SMILES string of the molecule is O=C(O)CCl.Oc1ccccc1Cl. The molecule has 3 nitrogen and oxygen atoms in total. The molecule has 0 fully saturated rings. The fraction of sp³-hybridized carbons (Fsp3) is 0.125. The second-order valence-corrected chi connectivity index (χ2v) is 2.65. The Kier molecular flexibility index (Phi) is 6.10. The number of carboxylic acid groups (broad SMARTS) is 1. The summed E-state index contributed by atoms with van der Waals surface area (Å²) >= 11 is 10.2. The minimum absolute atomic E-state index is 0.133. The average molecular weight is 223 g/mol. The Hall–Kier alpha value is -0.930. The average Bonchev–Trinajstić information content (AvgIpc) is 2.11. The molecule has 0 bridgehead atoms. The van der Waals surface area contributed by atoms with Gasteiger partial charge in [0.25, 0.3) is 0 Å². The number of hydrogen-bond donors (Lipinski definition) is 2. The van der Waals surface area contributed by atoms with Gasteiger partial charge in [-0.15, -0.1) is 11.6 Å². The number of para-hydroxylation sites is 1. The van der Waals surface area contributed by atoms with Gasteiger partial charge in [0.1, 0.15) is 11.6 Å². The minimum atomic E-state index is -0.980. The highest BCUT2D eigenvalue weighted by Crippen LogP contribution is 2.20. The van der Waals surface area contributed by atoms with E-state index in [4.69, 9.17) is 33.4 Å². The van der Waals surface area contributed by atoms with Gasteiger partial charge in [-0.05, 0) is 12.1 Å². The van der Waals surface area contributed by atoms with Crippen molar-refractivity contribution in [2.75, 3.05) is 5.88 Å². The predicted octanol–water partition coefficient (Wildman–Crippen LogP) is 2.36. The molecule has 0 amide bonds. The molecule has 0 radical (unpaired) electrons. The normalized spacial score (nSPS) is 8.46. The van der Waals surface area contributed by atoms with Gasteiger partial charge < -0.3 is 10.2 Å². The topological polar surface area (TPSA) is 57.5 Å². The number of phenolic OH excluding ortho intramolecular Hbond substituents is 1. The Balaban J connectivity index is 0.000000252. The summed E-state index contributed by atoms with van der Waals surface area (Å²) < 4.78 is 0. The molecule has 1 aromatic carbocycles. The van der Waals surface area contributed by atoms with Crippen LogP contribution in [-0.4, -0.2) is 22.1 Å². The van der Waals surface area contributed by atoms with E-state index in [9.17, 15) is 4.79 Å². The van der Waals surface area contributed by atoms with Crippen LogP contribution in [0.4, 0.5) is 0 Å². The zero-order valence-corrected chi connectivity index (χ0v) is 8.09. The van der Waals surface area contributed by atoms with E-state index in [0.29, 0.717) is 5.02 Å². The van der Waals surface area contributed by atoms with Crippen molar-refractivity contribution < 1.29 is 15.0 Å². The van der Waals surface area contributed by atoms with Crippen molar-refractivity contribution in [2.24, 2.45) is 0 Å². The van der Waals surface area contributed by atoms with Crippen LogP contribution in [0.15, 0.2) is 24.3 Å². The Bertz CT molecular complexity index is 255. The van der Waals surface area contributed by atoms with Crippen LogP contribution in [0.2, 0.25) is 5.02 Å². The van der Waals surface area contributed by atoms with E-state index in [0.717, 1.165) is 0 Å². The second-order valence-electron chi connectivity index (χ2n) is 1.98. The van der Waals surface area contributed by atoms with Gasteiger partial charge in [0, 0.05) is 0 Å². The molecule has 0 aliphatic heterocycles. The third-order valence-electron chi connectivity index (χ3n) is 0.967. The summed E-state index contributed by atoms with van der Waals surface area (Å²) in [4.78, 5) is 9.24. The molecular weight excluding hydrogens is 215 g/mol. The van der Waals surface area contributed by atoms with Gasteiger partial charge in [0.2, 0.25) is 0 Å². The summed E-state index contributed by atoms with van der Waals surface area (Å²) in [5, 5.41) is 16.8. The first-order valence-electron chi connectivity index (χ1n) is 3.29. The molecule has 0 saturated carbocycles. The van der Waals surface area contributed by atoms with E-state index in [1.54, 1.807) is 24.3 Å². The quantitative estimate of drug-likeness (QED) is 0.718. The van der Waals surface area contributed by atoms with Crippen molar-refractivity contribution >= 4 is 29.2 Å². The molecule has 0 aliphatic carbocycles. The van der Waals surface area contributed by atoms with E-state index in [-0.39, 0.29) is 11.6 Å². The van der Waals surface area contributed by atoms with E-state index in [2.05, 4.69) is 0 Å². The highest BCUT2D eigenvalue weighted by Gasteiger charge is 1.89. The van der Waals surface area contributed by atoms with Crippen LogP contribution in [0.25, 0.3) is 0 Å². The van der Waals surface area contributed by atoms with E-state index in [1.807, 2.05) is 0 Å². The van der Waals surface area contributed by atoms with Gasteiger partial charge in [-0.3, -0.25) is 4.79 Å². The largest absolute Gasteiger partial charge is 0.506 e. The fourth-order valence-electron chi connectivity index (χ4n) is 0.452. The predicted molar refractivity (Wildman–Crippen MR) is 51.5 cm³/mol. The highest BCUT2D eigenvalue weighted by atomic mass is 35.5. The van der Waals surface area contributed by atoms with Crippen molar-refractivity contribution in [3.05, 3.63) is 29.3 Å². The van der Waals surface area contributed by atoms with Crippen molar-refractivity contribution in [1.29, 1.82) is 0 Å². The summed E-state index contributed by atoms with van der Waals surface area (Å²) in [6.45, 7) is 0. The van der Waals surface area contributed by atoms with Crippen LogP contribution in [0.5, 0.6) is 5.75 Å². The third-order valence-corrected chi connectivity index (χ3v) is 1.52. The zero-order chi connectivity index (χ0) is 10.3.